The number of carbonyl (C=O) groups excluding carboxylic acids is 1. The number of hydrogen-bond donors (Lipinski definition) is 1. The molecule has 1 N–H and O–H groups in total. The van der Waals surface area contributed by atoms with Crippen LogP contribution in [0.1, 0.15) is 66.1 Å². The Balaban J connectivity index is 2.04. The standard InChI is InChI=1S/C15H23NOS/c1-3-7-13-11(4-2)10-14(18-13)15(17)16-12-8-5-6-9-12/h10,12H,3-9H2,1-2H3,(H,16,17). The molecule has 0 aliphatic heterocycles. The minimum absolute atomic E-state index is 0.143. The van der Waals surface area contributed by atoms with Gasteiger partial charge >= 0.3 is 0 Å². The van der Waals surface area contributed by atoms with Crippen LogP contribution in [0.25, 0.3) is 0 Å². The van der Waals surface area contributed by atoms with E-state index in [1.807, 2.05) is 0 Å². The van der Waals surface area contributed by atoms with Gasteiger partial charge in [-0.25, -0.2) is 0 Å². The summed E-state index contributed by atoms with van der Waals surface area (Å²) in [5, 5.41) is 3.17. The third kappa shape index (κ3) is 3.14. The molecule has 0 aromatic carbocycles. The van der Waals surface area contributed by atoms with Crippen LogP contribution in [0.4, 0.5) is 0 Å². The minimum atomic E-state index is 0.143. The van der Waals surface area contributed by atoms with Crippen molar-refractivity contribution in [2.24, 2.45) is 0 Å². The van der Waals surface area contributed by atoms with E-state index in [2.05, 4.69) is 25.2 Å². The number of amides is 1. The Morgan fingerprint density at radius 1 is 1.39 bits per heavy atom. The topological polar surface area (TPSA) is 29.1 Å². The summed E-state index contributed by atoms with van der Waals surface area (Å²) in [7, 11) is 0. The van der Waals surface area contributed by atoms with E-state index in [4.69, 9.17) is 0 Å². The normalized spacial score (nSPS) is 16.1. The van der Waals surface area contributed by atoms with Crippen molar-refractivity contribution in [3.05, 3.63) is 21.4 Å². The van der Waals surface area contributed by atoms with Gasteiger partial charge in [0.1, 0.15) is 0 Å². The maximum atomic E-state index is 12.2. The van der Waals surface area contributed by atoms with E-state index in [-0.39, 0.29) is 5.91 Å². The van der Waals surface area contributed by atoms with E-state index >= 15 is 0 Å². The van der Waals surface area contributed by atoms with Crippen LogP contribution >= 0.6 is 11.3 Å². The maximum absolute atomic E-state index is 12.2. The average molecular weight is 265 g/mol. The lowest BCUT2D eigenvalue weighted by atomic mass is 10.1. The predicted octanol–water partition coefficient (Wildman–Crippen LogP) is 3.94. The second kappa shape index (κ2) is 6.37. The molecule has 1 amide bonds. The van der Waals surface area contributed by atoms with Crippen LogP contribution in [0.2, 0.25) is 0 Å². The molecule has 0 saturated heterocycles. The first kappa shape index (κ1) is 13.6. The molecule has 1 saturated carbocycles. The van der Waals surface area contributed by atoms with E-state index in [0.717, 1.165) is 37.0 Å². The van der Waals surface area contributed by atoms with Gasteiger partial charge in [-0.15, -0.1) is 11.3 Å². The summed E-state index contributed by atoms with van der Waals surface area (Å²) in [5.41, 5.74) is 1.36. The van der Waals surface area contributed by atoms with Crippen molar-refractivity contribution in [2.45, 2.75) is 64.8 Å². The monoisotopic (exact) mass is 265 g/mol. The quantitative estimate of drug-likeness (QED) is 0.858. The summed E-state index contributed by atoms with van der Waals surface area (Å²) in [6.07, 6.45) is 8.11. The van der Waals surface area contributed by atoms with Crippen LogP contribution < -0.4 is 5.32 Å². The molecule has 100 valence electrons. The van der Waals surface area contributed by atoms with Crippen molar-refractivity contribution in [2.75, 3.05) is 0 Å². The highest BCUT2D eigenvalue weighted by molar-refractivity contribution is 7.14. The number of nitrogens with one attached hydrogen (secondary N) is 1. The van der Waals surface area contributed by atoms with Gasteiger partial charge in [0.15, 0.2) is 0 Å². The largest absolute Gasteiger partial charge is 0.349 e. The zero-order valence-electron chi connectivity index (χ0n) is 11.4. The van der Waals surface area contributed by atoms with Crippen LogP contribution in [0, 0.1) is 0 Å². The predicted molar refractivity (Wildman–Crippen MR) is 77.4 cm³/mol. The molecule has 3 heteroatoms. The van der Waals surface area contributed by atoms with Crippen LogP contribution in [-0.2, 0) is 12.8 Å². The molecule has 0 atom stereocenters. The Labute approximate surface area is 114 Å². The van der Waals surface area contributed by atoms with E-state index < -0.39 is 0 Å². The lowest BCUT2D eigenvalue weighted by Gasteiger charge is -2.10. The fourth-order valence-corrected chi connectivity index (χ4v) is 3.90. The molecule has 0 radical (unpaired) electrons. The van der Waals surface area contributed by atoms with Gasteiger partial charge in [-0.05, 0) is 37.3 Å². The molecule has 2 nitrogen and oxygen atoms in total. The molecule has 1 aliphatic carbocycles. The van der Waals surface area contributed by atoms with Gasteiger partial charge in [0, 0.05) is 10.9 Å². The van der Waals surface area contributed by atoms with Gasteiger partial charge in [0.2, 0.25) is 0 Å². The molecule has 1 fully saturated rings. The highest BCUT2D eigenvalue weighted by atomic mass is 32.1. The molecule has 18 heavy (non-hydrogen) atoms. The number of carbonyl (C=O) groups is 1. The summed E-state index contributed by atoms with van der Waals surface area (Å²) >= 11 is 1.69. The fraction of sp³-hybridized carbons (Fsp3) is 0.667. The van der Waals surface area contributed by atoms with Crippen molar-refractivity contribution < 1.29 is 4.79 Å². The molecule has 0 unspecified atom stereocenters. The van der Waals surface area contributed by atoms with E-state index in [1.54, 1.807) is 11.3 Å². The summed E-state index contributed by atoms with van der Waals surface area (Å²) < 4.78 is 0. The van der Waals surface area contributed by atoms with Gasteiger partial charge in [-0.2, -0.15) is 0 Å². The van der Waals surface area contributed by atoms with Crippen molar-refractivity contribution in [1.29, 1.82) is 0 Å². The van der Waals surface area contributed by atoms with Crippen LogP contribution in [0.15, 0.2) is 6.07 Å². The van der Waals surface area contributed by atoms with Crippen LogP contribution in [0.5, 0.6) is 0 Å². The number of rotatable bonds is 5. The Morgan fingerprint density at radius 2 is 2.11 bits per heavy atom. The molecule has 1 aromatic rings. The second-order valence-corrected chi connectivity index (χ2v) is 6.25. The third-order valence-corrected chi connectivity index (χ3v) is 4.90. The highest BCUT2D eigenvalue weighted by Crippen LogP contribution is 2.25. The fourth-order valence-electron chi connectivity index (χ4n) is 2.64. The Bertz CT molecular complexity index is 405. The lowest BCUT2D eigenvalue weighted by molar-refractivity contribution is 0.0942. The van der Waals surface area contributed by atoms with E-state index in [1.165, 1.54) is 23.3 Å². The molecular formula is C15H23NOS. The van der Waals surface area contributed by atoms with Crippen molar-refractivity contribution >= 4 is 17.2 Å². The molecular weight excluding hydrogens is 242 g/mol. The molecule has 0 spiro atoms. The van der Waals surface area contributed by atoms with Gasteiger partial charge in [-0.3, -0.25) is 4.79 Å². The first-order chi connectivity index (χ1) is 8.74. The van der Waals surface area contributed by atoms with E-state index in [0.29, 0.717) is 6.04 Å². The summed E-state index contributed by atoms with van der Waals surface area (Å²) in [4.78, 5) is 14.5. The van der Waals surface area contributed by atoms with Crippen molar-refractivity contribution in [3.63, 3.8) is 0 Å². The Kier molecular flexibility index (Phi) is 4.81. The first-order valence-corrected chi connectivity index (χ1v) is 7.98. The molecule has 1 aromatic heterocycles. The van der Waals surface area contributed by atoms with Crippen molar-refractivity contribution in [1.82, 2.24) is 5.32 Å². The molecule has 2 rings (SSSR count). The van der Waals surface area contributed by atoms with Gasteiger partial charge in [-0.1, -0.05) is 33.1 Å². The minimum Gasteiger partial charge on any atom is -0.349 e. The van der Waals surface area contributed by atoms with Crippen LogP contribution in [0.3, 0.4) is 0 Å². The second-order valence-electron chi connectivity index (χ2n) is 5.12. The van der Waals surface area contributed by atoms with Gasteiger partial charge < -0.3 is 5.32 Å². The summed E-state index contributed by atoms with van der Waals surface area (Å²) in [6.45, 7) is 4.36. The number of hydrogen-bond acceptors (Lipinski definition) is 2. The van der Waals surface area contributed by atoms with Crippen LogP contribution in [-0.4, -0.2) is 11.9 Å². The SMILES string of the molecule is CCCc1sc(C(=O)NC2CCCC2)cc1CC. The lowest BCUT2D eigenvalue weighted by Crippen LogP contribution is -2.31. The zero-order chi connectivity index (χ0) is 13.0. The summed E-state index contributed by atoms with van der Waals surface area (Å²) in [6, 6.07) is 2.51. The molecule has 0 bridgehead atoms. The molecule has 1 aliphatic rings. The first-order valence-electron chi connectivity index (χ1n) is 7.17. The Morgan fingerprint density at radius 3 is 2.72 bits per heavy atom. The van der Waals surface area contributed by atoms with E-state index in [9.17, 15) is 4.79 Å². The third-order valence-electron chi connectivity index (χ3n) is 3.67. The average Bonchev–Trinajstić information content (AvgIpc) is 2.98. The summed E-state index contributed by atoms with van der Waals surface area (Å²) in [5.74, 6) is 0.143. The smallest absolute Gasteiger partial charge is 0.261 e. The number of aryl methyl sites for hydroxylation is 2. The highest BCUT2D eigenvalue weighted by Gasteiger charge is 2.19. The van der Waals surface area contributed by atoms with Gasteiger partial charge in [0.05, 0.1) is 4.88 Å². The number of thiophene rings is 1. The molecule has 1 heterocycles. The zero-order valence-corrected chi connectivity index (χ0v) is 12.2. The van der Waals surface area contributed by atoms with Gasteiger partial charge in [0.25, 0.3) is 5.91 Å². The maximum Gasteiger partial charge on any atom is 0.261 e. The van der Waals surface area contributed by atoms with Crippen molar-refractivity contribution in [3.8, 4) is 0 Å². The Hall–Kier alpha value is -0.830.